The molecule has 3 rings (SSSR count). The standard InChI is InChI=1S/C26H29ClN4O5/c1-15(24(33)34)23(32)28-18-12-10-17(11-13-18)20-21(27)31-22(30-20)19(14-16-8-6-5-7-9-16)29-25(35)36-26(2,3)4/h5-13,15,19H,14H2,1-4H3,(H,28,32)(H,29,35)(H,30,31)(H,33,34)/t15?,19-/m0/s1. The number of aromatic amines is 1. The molecule has 0 radical (unpaired) electrons. The van der Waals surface area contributed by atoms with Crippen molar-refractivity contribution in [3.8, 4) is 11.3 Å². The van der Waals surface area contributed by atoms with Gasteiger partial charge in [0.1, 0.15) is 28.2 Å². The number of aliphatic carboxylic acids is 1. The number of imidazole rings is 1. The molecular weight excluding hydrogens is 484 g/mol. The van der Waals surface area contributed by atoms with Gasteiger partial charge in [0, 0.05) is 17.7 Å². The molecule has 0 aliphatic heterocycles. The molecule has 1 heterocycles. The van der Waals surface area contributed by atoms with Crippen LogP contribution in [-0.4, -0.2) is 38.6 Å². The first kappa shape index (κ1) is 26.7. The van der Waals surface area contributed by atoms with Crippen molar-refractivity contribution in [2.45, 2.75) is 45.8 Å². The Morgan fingerprint density at radius 2 is 1.72 bits per heavy atom. The van der Waals surface area contributed by atoms with Crippen molar-refractivity contribution in [2.75, 3.05) is 5.32 Å². The maximum absolute atomic E-state index is 12.5. The maximum Gasteiger partial charge on any atom is 0.408 e. The molecule has 2 aromatic carbocycles. The smallest absolute Gasteiger partial charge is 0.408 e. The third-order valence-electron chi connectivity index (χ3n) is 5.17. The third-order valence-corrected chi connectivity index (χ3v) is 5.44. The van der Waals surface area contributed by atoms with Gasteiger partial charge in [-0.1, -0.05) is 54.1 Å². The molecule has 0 aliphatic carbocycles. The van der Waals surface area contributed by atoms with Crippen LogP contribution in [0.2, 0.25) is 5.15 Å². The van der Waals surface area contributed by atoms with Crippen molar-refractivity contribution < 1.29 is 24.2 Å². The Bertz CT molecular complexity index is 1220. The minimum Gasteiger partial charge on any atom is -0.481 e. The molecule has 0 fully saturated rings. The molecule has 10 heteroatoms. The Morgan fingerprint density at radius 1 is 1.08 bits per heavy atom. The predicted octanol–water partition coefficient (Wildman–Crippen LogP) is 5.20. The molecular formula is C26H29ClN4O5. The molecule has 2 atom stereocenters. The Kier molecular flexibility index (Phi) is 8.37. The lowest BCUT2D eigenvalue weighted by Crippen LogP contribution is -2.36. The summed E-state index contributed by atoms with van der Waals surface area (Å²) in [6.45, 7) is 6.67. The molecule has 190 valence electrons. The van der Waals surface area contributed by atoms with Gasteiger partial charge in [-0.2, -0.15) is 0 Å². The average Bonchev–Trinajstić information content (AvgIpc) is 3.19. The molecule has 9 nitrogen and oxygen atoms in total. The number of amides is 2. The van der Waals surface area contributed by atoms with E-state index in [9.17, 15) is 14.4 Å². The van der Waals surface area contributed by atoms with Crippen LogP contribution < -0.4 is 10.6 Å². The van der Waals surface area contributed by atoms with Gasteiger partial charge in [0.15, 0.2) is 0 Å². The number of carbonyl (C=O) groups is 3. The molecule has 1 aromatic heterocycles. The third kappa shape index (κ3) is 7.32. The lowest BCUT2D eigenvalue weighted by molar-refractivity contribution is -0.144. The molecule has 0 saturated carbocycles. The van der Waals surface area contributed by atoms with Gasteiger partial charge in [0.25, 0.3) is 0 Å². The van der Waals surface area contributed by atoms with E-state index in [1.807, 2.05) is 30.3 Å². The quantitative estimate of drug-likeness (QED) is 0.307. The van der Waals surface area contributed by atoms with Gasteiger partial charge in [-0.15, -0.1) is 0 Å². The van der Waals surface area contributed by atoms with Gasteiger partial charge in [-0.05, 0) is 45.4 Å². The van der Waals surface area contributed by atoms with Crippen LogP contribution in [-0.2, 0) is 20.7 Å². The number of rotatable bonds is 8. The summed E-state index contributed by atoms with van der Waals surface area (Å²) >= 11 is 6.47. The molecule has 1 unspecified atom stereocenters. The number of H-pyrrole nitrogens is 1. The highest BCUT2D eigenvalue weighted by molar-refractivity contribution is 6.31. The number of carboxylic acids is 1. The Labute approximate surface area is 214 Å². The SMILES string of the molecule is CC(C(=O)O)C(=O)Nc1ccc(-c2nc([C@H](Cc3ccccc3)NC(=O)OC(C)(C)C)[nH]c2Cl)cc1. The molecule has 36 heavy (non-hydrogen) atoms. The van der Waals surface area contributed by atoms with Crippen LogP contribution in [0.15, 0.2) is 54.6 Å². The van der Waals surface area contributed by atoms with Crippen molar-refractivity contribution in [2.24, 2.45) is 5.92 Å². The highest BCUT2D eigenvalue weighted by Gasteiger charge is 2.25. The van der Waals surface area contributed by atoms with E-state index < -0.39 is 35.5 Å². The molecule has 4 N–H and O–H groups in total. The number of benzene rings is 2. The maximum atomic E-state index is 12.5. The first-order chi connectivity index (χ1) is 16.9. The number of ether oxygens (including phenoxy) is 1. The number of anilines is 1. The molecule has 0 aliphatic rings. The topological polar surface area (TPSA) is 133 Å². The van der Waals surface area contributed by atoms with Crippen molar-refractivity contribution in [1.82, 2.24) is 15.3 Å². The number of aromatic nitrogens is 2. The van der Waals surface area contributed by atoms with Gasteiger partial charge in [0.2, 0.25) is 5.91 Å². The number of halogens is 1. The van der Waals surface area contributed by atoms with Gasteiger partial charge < -0.3 is 25.5 Å². The molecule has 0 bridgehead atoms. The second kappa shape index (κ2) is 11.3. The van der Waals surface area contributed by atoms with E-state index in [4.69, 9.17) is 21.4 Å². The summed E-state index contributed by atoms with van der Waals surface area (Å²) < 4.78 is 5.43. The first-order valence-electron chi connectivity index (χ1n) is 11.4. The molecule has 3 aromatic rings. The zero-order valence-electron chi connectivity index (χ0n) is 20.5. The Balaban J connectivity index is 1.83. The van der Waals surface area contributed by atoms with E-state index >= 15 is 0 Å². The zero-order chi connectivity index (χ0) is 26.5. The van der Waals surface area contributed by atoms with E-state index in [0.29, 0.717) is 29.2 Å². The van der Waals surface area contributed by atoms with Gasteiger partial charge >= 0.3 is 12.1 Å². The summed E-state index contributed by atoms with van der Waals surface area (Å²) in [4.78, 5) is 43.2. The van der Waals surface area contributed by atoms with Crippen molar-refractivity contribution in [3.63, 3.8) is 0 Å². The fourth-order valence-corrected chi connectivity index (χ4v) is 3.56. The Morgan fingerprint density at radius 3 is 2.31 bits per heavy atom. The van der Waals surface area contributed by atoms with E-state index in [1.165, 1.54) is 6.92 Å². The normalized spacial score (nSPS) is 12.9. The van der Waals surface area contributed by atoms with Crippen LogP contribution in [0.4, 0.5) is 10.5 Å². The molecule has 2 amide bonds. The zero-order valence-corrected chi connectivity index (χ0v) is 21.2. The van der Waals surface area contributed by atoms with Gasteiger partial charge in [-0.25, -0.2) is 9.78 Å². The number of nitrogens with one attached hydrogen (secondary N) is 3. The summed E-state index contributed by atoms with van der Waals surface area (Å²) in [5.41, 5.74) is 1.91. The van der Waals surface area contributed by atoms with Crippen LogP contribution in [0.25, 0.3) is 11.3 Å². The van der Waals surface area contributed by atoms with Crippen LogP contribution in [0, 0.1) is 5.92 Å². The van der Waals surface area contributed by atoms with E-state index in [-0.39, 0.29) is 5.15 Å². The molecule has 0 spiro atoms. The largest absolute Gasteiger partial charge is 0.481 e. The average molecular weight is 513 g/mol. The first-order valence-corrected chi connectivity index (χ1v) is 11.7. The van der Waals surface area contributed by atoms with Gasteiger partial charge in [-0.3, -0.25) is 9.59 Å². The molecule has 0 saturated heterocycles. The summed E-state index contributed by atoms with van der Waals surface area (Å²) in [6, 6.07) is 15.8. The second-order valence-electron chi connectivity index (χ2n) is 9.30. The summed E-state index contributed by atoms with van der Waals surface area (Å²) in [6.07, 6.45) is -0.121. The van der Waals surface area contributed by atoms with Crippen LogP contribution in [0.3, 0.4) is 0 Å². The van der Waals surface area contributed by atoms with E-state index in [2.05, 4.69) is 20.6 Å². The number of alkyl carbamates (subject to hydrolysis) is 1. The van der Waals surface area contributed by atoms with Crippen molar-refractivity contribution in [3.05, 3.63) is 71.1 Å². The second-order valence-corrected chi connectivity index (χ2v) is 9.68. The fraction of sp³-hybridized carbons (Fsp3) is 0.308. The van der Waals surface area contributed by atoms with Crippen LogP contribution in [0.1, 0.15) is 45.1 Å². The monoisotopic (exact) mass is 512 g/mol. The van der Waals surface area contributed by atoms with E-state index in [1.54, 1.807) is 45.0 Å². The highest BCUT2D eigenvalue weighted by atomic mass is 35.5. The lowest BCUT2D eigenvalue weighted by Gasteiger charge is -2.23. The van der Waals surface area contributed by atoms with Crippen LogP contribution >= 0.6 is 11.6 Å². The Hall–Kier alpha value is -3.85. The van der Waals surface area contributed by atoms with Crippen molar-refractivity contribution in [1.29, 1.82) is 0 Å². The highest BCUT2D eigenvalue weighted by Crippen LogP contribution is 2.29. The van der Waals surface area contributed by atoms with E-state index in [0.717, 1.165) is 5.56 Å². The minimum absolute atomic E-state index is 0.283. The number of carbonyl (C=O) groups excluding carboxylic acids is 2. The van der Waals surface area contributed by atoms with Gasteiger partial charge in [0.05, 0.1) is 6.04 Å². The number of nitrogens with zero attached hydrogens (tertiary/aromatic N) is 1. The number of carboxylic acid groups (broad SMARTS) is 1. The summed E-state index contributed by atoms with van der Waals surface area (Å²) in [7, 11) is 0. The lowest BCUT2D eigenvalue weighted by atomic mass is 10.1. The summed E-state index contributed by atoms with van der Waals surface area (Å²) in [5, 5.41) is 14.7. The fourth-order valence-electron chi connectivity index (χ4n) is 3.32. The van der Waals surface area contributed by atoms with Crippen molar-refractivity contribution >= 4 is 35.3 Å². The number of hydrogen-bond acceptors (Lipinski definition) is 5. The minimum atomic E-state index is -1.20. The number of hydrogen-bond donors (Lipinski definition) is 4. The van der Waals surface area contributed by atoms with Crippen LogP contribution in [0.5, 0.6) is 0 Å². The summed E-state index contributed by atoms with van der Waals surface area (Å²) in [5.74, 6) is -2.54. The predicted molar refractivity (Wildman–Crippen MR) is 137 cm³/mol.